The molecule has 4 rings (SSSR count). The van der Waals surface area contributed by atoms with E-state index < -0.39 is 4.92 Å². The molecular weight excluding hydrogens is 390 g/mol. The Morgan fingerprint density at radius 3 is 2.77 bits per heavy atom. The molecule has 1 aliphatic heterocycles. The molecule has 2 N–H and O–H groups in total. The van der Waals surface area contributed by atoms with Gasteiger partial charge in [-0.05, 0) is 36.8 Å². The third kappa shape index (κ3) is 4.02. The molecule has 0 bridgehead atoms. The first kappa shape index (κ1) is 19.2. The molecular formula is C20H19N5O5. The number of hydrogen-bond donors (Lipinski definition) is 2. The fourth-order valence-corrected chi connectivity index (χ4v) is 2.99. The van der Waals surface area contributed by atoms with E-state index in [1.54, 1.807) is 24.3 Å². The number of rotatable bonds is 8. The number of ether oxygens (including phenoxy) is 3. The van der Waals surface area contributed by atoms with Gasteiger partial charge in [0.05, 0.1) is 17.2 Å². The van der Waals surface area contributed by atoms with Crippen LogP contribution in [0.3, 0.4) is 0 Å². The Hall–Kier alpha value is -4.08. The Bertz CT molecular complexity index is 1080. The summed E-state index contributed by atoms with van der Waals surface area (Å²) >= 11 is 0. The second-order valence-electron chi connectivity index (χ2n) is 6.27. The maximum atomic E-state index is 11.8. The van der Waals surface area contributed by atoms with Crippen molar-refractivity contribution in [2.75, 3.05) is 24.0 Å². The van der Waals surface area contributed by atoms with E-state index in [-0.39, 0.29) is 24.1 Å². The Morgan fingerprint density at radius 1 is 1.13 bits per heavy atom. The van der Waals surface area contributed by atoms with Crippen molar-refractivity contribution in [1.82, 2.24) is 9.97 Å². The van der Waals surface area contributed by atoms with Gasteiger partial charge in [-0.3, -0.25) is 10.1 Å². The highest BCUT2D eigenvalue weighted by Crippen LogP contribution is 2.35. The number of benzene rings is 2. The van der Waals surface area contributed by atoms with Crippen LogP contribution in [0, 0.1) is 10.1 Å². The van der Waals surface area contributed by atoms with Crippen LogP contribution in [-0.2, 0) is 6.54 Å². The summed E-state index contributed by atoms with van der Waals surface area (Å²) in [7, 11) is 0. The molecule has 0 saturated carbocycles. The molecule has 10 nitrogen and oxygen atoms in total. The fourth-order valence-electron chi connectivity index (χ4n) is 2.99. The van der Waals surface area contributed by atoms with E-state index in [0.717, 1.165) is 5.56 Å². The van der Waals surface area contributed by atoms with Crippen LogP contribution in [0.1, 0.15) is 12.5 Å². The SMILES string of the molecule is CCOc1ccccc1Nc1ncnc(NCc2ccc3c(c2)OCO3)c1[N+](=O)[O-]. The van der Waals surface area contributed by atoms with Gasteiger partial charge in [0.2, 0.25) is 18.4 Å². The molecule has 0 saturated heterocycles. The van der Waals surface area contributed by atoms with Gasteiger partial charge in [-0.1, -0.05) is 18.2 Å². The first-order valence-electron chi connectivity index (χ1n) is 9.26. The van der Waals surface area contributed by atoms with Crippen LogP contribution >= 0.6 is 0 Å². The molecule has 0 fully saturated rings. The van der Waals surface area contributed by atoms with E-state index in [1.807, 2.05) is 25.1 Å². The van der Waals surface area contributed by atoms with E-state index in [2.05, 4.69) is 20.6 Å². The predicted octanol–water partition coefficient (Wildman–Crippen LogP) is 3.87. The summed E-state index contributed by atoms with van der Waals surface area (Å²) in [4.78, 5) is 19.4. The number of nitrogens with one attached hydrogen (secondary N) is 2. The maximum Gasteiger partial charge on any atom is 0.353 e. The zero-order valence-corrected chi connectivity index (χ0v) is 16.1. The quantitative estimate of drug-likeness (QED) is 0.422. The van der Waals surface area contributed by atoms with Gasteiger partial charge in [0, 0.05) is 6.54 Å². The summed E-state index contributed by atoms with van der Waals surface area (Å²) in [5, 5.41) is 17.8. The third-order valence-corrected chi connectivity index (χ3v) is 4.34. The number of para-hydroxylation sites is 2. The van der Waals surface area contributed by atoms with Gasteiger partial charge in [0.1, 0.15) is 12.1 Å². The molecule has 0 atom stereocenters. The number of hydrogen-bond acceptors (Lipinski definition) is 9. The minimum atomic E-state index is -0.520. The monoisotopic (exact) mass is 409 g/mol. The third-order valence-electron chi connectivity index (χ3n) is 4.34. The molecule has 0 spiro atoms. The van der Waals surface area contributed by atoms with E-state index in [1.165, 1.54) is 6.33 Å². The summed E-state index contributed by atoms with van der Waals surface area (Å²) < 4.78 is 16.2. The lowest BCUT2D eigenvalue weighted by Gasteiger charge is -2.13. The molecule has 1 aromatic heterocycles. The van der Waals surface area contributed by atoms with E-state index >= 15 is 0 Å². The number of anilines is 3. The minimum absolute atomic E-state index is 0.0651. The molecule has 30 heavy (non-hydrogen) atoms. The number of aromatic nitrogens is 2. The van der Waals surface area contributed by atoms with Crippen molar-refractivity contribution in [1.29, 1.82) is 0 Å². The van der Waals surface area contributed by atoms with Crippen molar-refractivity contribution in [3.63, 3.8) is 0 Å². The summed E-state index contributed by atoms with van der Waals surface area (Å²) in [6, 6.07) is 12.6. The maximum absolute atomic E-state index is 11.8. The largest absolute Gasteiger partial charge is 0.492 e. The molecule has 0 aliphatic carbocycles. The minimum Gasteiger partial charge on any atom is -0.492 e. The number of nitro groups is 1. The van der Waals surface area contributed by atoms with Crippen LogP contribution in [0.15, 0.2) is 48.8 Å². The fraction of sp³-hybridized carbons (Fsp3) is 0.200. The first-order valence-corrected chi connectivity index (χ1v) is 9.26. The van der Waals surface area contributed by atoms with Gasteiger partial charge in [0.25, 0.3) is 0 Å². The van der Waals surface area contributed by atoms with Crippen LogP contribution in [-0.4, -0.2) is 28.3 Å². The zero-order valence-electron chi connectivity index (χ0n) is 16.1. The molecule has 1 aliphatic rings. The van der Waals surface area contributed by atoms with E-state index in [9.17, 15) is 10.1 Å². The van der Waals surface area contributed by atoms with Crippen LogP contribution in [0.2, 0.25) is 0 Å². The lowest BCUT2D eigenvalue weighted by molar-refractivity contribution is -0.383. The second-order valence-corrected chi connectivity index (χ2v) is 6.27. The molecule has 154 valence electrons. The van der Waals surface area contributed by atoms with Crippen LogP contribution in [0.5, 0.6) is 17.2 Å². The first-order chi connectivity index (χ1) is 14.7. The highest BCUT2D eigenvalue weighted by atomic mass is 16.7. The van der Waals surface area contributed by atoms with Crippen molar-refractivity contribution in [3.05, 3.63) is 64.5 Å². The average Bonchev–Trinajstić information content (AvgIpc) is 3.21. The van der Waals surface area contributed by atoms with Crippen LogP contribution in [0.25, 0.3) is 0 Å². The Balaban J connectivity index is 1.58. The van der Waals surface area contributed by atoms with E-state index in [0.29, 0.717) is 36.1 Å². The molecule has 0 radical (unpaired) electrons. The summed E-state index contributed by atoms with van der Waals surface area (Å²) in [5.74, 6) is 2.05. The Kier molecular flexibility index (Phi) is 5.46. The highest BCUT2D eigenvalue weighted by Gasteiger charge is 2.24. The zero-order chi connectivity index (χ0) is 20.9. The van der Waals surface area contributed by atoms with Gasteiger partial charge in [-0.25, -0.2) is 9.97 Å². The lowest BCUT2D eigenvalue weighted by atomic mass is 10.2. The normalized spacial score (nSPS) is 11.8. The number of nitrogens with zero attached hydrogens (tertiary/aromatic N) is 3. The predicted molar refractivity (Wildman–Crippen MR) is 109 cm³/mol. The van der Waals surface area contributed by atoms with Crippen LogP contribution < -0.4 is 24.8 Å². The highest BCUT2D eigenvalue weighted by molar-refractivity contribution is 5.75. The molecule has 10 heteroatoms. The van der Waals surface area contributed by atoms with Crippen molar-refractivity contribution in [3.8, 4) is 17.2 Å². The van der Waals surface area contributed by atoms with Crippen molar-refractivity contribution >= 4 is 23.0 Å². The molecule has 0 unspecified atom stereocenters. The number of fused-ring (bicyclic) bond motifs is 1. The summed E-state index contributed by atoms with van der Waals surface area (Å²) in [6.45, 7) is 2.82. The van der Waals surface area contributed by atoms with Crippen molar-refractivity contribution in [2.45, 2.75) is 13.5 Å². The molecule has 0 amide bonds. The van der Waals surface area contributed by atoms with Crippen molar-refractivity contribution < 1.29 is 19.1 Å². The van der Waals surface area contributed by atoms with Crippen molar-refractivity contribution in [2.24, 2.45) is 0 Å². The summed E-state index contributed by atoms with van der Waals surface area (Å²) in [5.41, 5.74) is 1.18. The van der Waals surface area contributed by atoms with Gasteiger partial charge in [-0.2, -0.15) is 0 Å². The molecule has 2 heterocycles. The topological polar surface area (TPSA) is 121 Å². The van der Waals surface area contributed by atoms with Gasteiger partial charge >= 0.3 is 5.69 Å². The van der Waals surface area contributed by atoms with Gasteiger partial charge < -0.3 is 24.8 Å². The smallest absolute Gasteiger partial charge is 0.353 e. The van der Waals surface area contributed by atoms with Crippen LogP contribution in [0.4, 0.5) is 23.0 Å². The Labute approximate surface area is 172 Å². The lowest BCUT2D eigenvalue weighted by Crippen LogP contribution is -2.08. The van der Waals surface area contributed by atoms with Gasteiger partial charge in [0.15, 0.2) is 11.5 Å². The van der Waals surface area contributed by atoms with E-state index in [4.69, 9.17) is 14.2 Å². The second kappa shape index (κ2) is 8.52. The average molecular weight is 409 g/mol. The van der Waals surface area contributed by atoms with Gasteiger partial charge in [-0.15, -0.1) is 0 Å². The summed E-state index contributed by atoms with van der Waals surface area (Å²) in [6.07, 6.45) is 1.26. The Morgan fingerprint density at radius 2 is 1.93 bits per heavy atom. The standard InChI is InChI=1S/C20H19N5O5/c1-2-28-15-6-4-3-5-14(15)24-20-18(25(26)27)19(22-11-23-20)21-10-13-7-8-16-17(9-13)30-12-29-16/h3-9,11H,2,10,12H2,1H3,(H2,21,22,23,24). The molecule has 3 aromatic rings. The molecule has 2 aromatic carbocycles.